The lowest BCUT2D eigenvalue weighted by atomic mass is 10.2. The molecule has 106 valence electrons. The molecule has 0 radical (unpaired) electrons. The highest BCUT2D eigenvalue weighted by Gasteiger charge is 2.00. The van der Waals surface area contributed by atoms with Crippen molar-refractivity contribution in [1.29, 1.82) is 0 Å². The van der Waals surface area contributed by atoms with Crippen LogP contribution in [0.4, 0.5) is 0 Å². The Bertz CT molecular complexity index is 526. The van der Waals surface area contributed by atoms with E-state index in [0.29, 0.717) is 12.5 Å². The van der Waals surface area contributed by atoms with E-state index in [2.05, 4.69) is 17.2 Å². The summed E-state index contributed by atoms with van der Waals surface area (Å²) < 4.78 is 10.8. The molecule has 20 heavy (non-hydrogen) atoms. The van der Waals surface area contributed by atoms with Gasteiger partial charge in [0.2, 0.25) is 5.88 Å². The van der Waals surface area contributed by atoms with E-state index in [1.807, 2.05) is 42.5 Å². The van der Waals surface area contributed by atoms with Crippen LogP contribution in [0.15, 0.2) is 42.5 Å². The molecule has 0 amide bonds. The quantitative estimate of drug-likeness (QED) is 0.841. The predicted molar refractivity (Wildman–Crippen MR) is 78.9 cm³/mol. The van der Waals surface area contributed by atoms with Gasteiger partial charge in [-0.05, 0) is 30.3 Å². The first-order chi connectivity index (χ1) is 9.81. The third kappa shape index (κ3) is 4.24. The molecule has 0 aliphatic rings. The lowest BCUT2D eigenvalue weighted by Gasteiger charge is -2.08. The number of ether oxygens (including phenoxy) is 2. The van der Waals surface area contributed by atoms with Gasteiger partial charge in [0.25, 0.3) is 0 Å². The summed E-state index contributed by atoms with van der Waals surface area (Å²) in [5, 5.41) is 3.25. The van der Waals surface area contributed by atoms with Gasteiger partial charge in [-0.25, -0.2) is 4.98 Å². The number of nitrogens with one attached hydrogen (secondary N) is 1. The molecule has 1 aromatic heterocycles. The maximum Gasteiger partial charge on any atom is 0.213 e. The van der Waals surface area contributed by atoms with Gasteiger partial charge in [-0.2, -0.15) is 0 Å². The number of hydrogen-bond acceptors (Lipinski definition) is 4. The van der Waals surface area contributed by atoms with Gasteiger partial charge in [-0.15, -0.1) is 0 Å². The average molecular weight is 272 g/mol. The van der Waals surface area contributed by atoms with Gasteiger partial charge in [-0.1, -0.05) is 25.1 Å². The number of pyridine rings is 1. The molecule has 0 aliphatic heterocycles. The van der Waals surface area contributed by atoms with E-state index in [4.69, 9.17) is 9.47 Å². The van der Waals surface area contributed by atoms with Crippen LogP contribution in [0.5, 0.6) is 11.6 Å². The number of rotatable bonds is 7. The molecule has 0 saturated heterocycles. The lowest BCUT2D eigenvalue weighted by molar-refractivity contribution is 0.292. The van der Waals surface area contributed by atoms with E-state index in [-0.39, 0.29) is 0 Å². The van der Waals surface area contributed by atoms with Crippen LogP contribution in [0, 0.1) is 0 Å². The Morgan fingerprint density at radius 1 is 1.10 bits per heavy atom. The van der Waals surface area contributed by atoms with Crippen LogP contribution in [-0.4, -0.2) is 18.6 Å². The molecule has 0 unspecified atom stereocenters. The van der Waals surface area contributed by atoms with Crippen molar-refractivity contribution < 1.29 is 9.47 Å². The molecule has 4 heteroatoms. The van der Waals surface area contributed by atoms with Crippen LogP contribution < -0.4 is 14.8 Å². The molecule has 2 aromatic rings. The number of methoxy groups -OCH3 is 1. The average Bonchev–Trinajstić information content (AvgIpc) is 2.52. The van der Waals surface area contributed by atoms with Crippen molar-refractivity contribution in [3.63, 3.8) is 0 Å². The van der Waals surface area contributed by atoms with E-state index in [1.165, 1.54) is 0 Å². The number of benzene rings is 1. The van der Waals surface area contributed by atoms with Crippen LogP contribution in [0.25, 0.3) is 0 Å². The van der Waals surface area contributed by atoms with Crippen LogP contribution in [0.1, 0.15) is 18.2 Å². The first-order valence-corrected chi connectivity index (χ1v) is 6.74. The maximum atomic E-state index is 5.71. The molecule has 0 saturated carbocycles. The van der Waals surface area contributed by atoms with Gasteiger partial charge >= 0.3 is 0 Å². The first kappa shape index (κ1) is 14.3. The van der Waals surface area contributed by atoms with Crippen molar-refractivity contribution >= 4 is 0 Å². The summed E-state index contributed by atoms with van der Waals surface area (Å²) in [5.74, 6) is 1.50. The second-order valence-corrected chi connectivity index (χ2v) is 4.38. The molecule has 0 bridgehead atoms. The number of hydrogen-bond donors (Lipinski definition) is 1. The molecule has 0 aliphatic carbocycles. The molecular weight excluding hydrogens is 252 g/mol. The normalized spacial score (nSPS) is 10.3. The van der Waals surface area contributed by atoms with Crippen molar-refractivity contribution in [2.75, 3.05) is 13.7 Å². The number of aromatic nitrogens is 1. The second kappa shape index (κ2) is 7.50. The molecule has 0 atom stereocenters. The van der Waals surface area contributed by atoms with Gasteiger partial charge < -0.3 is 14.8 Å². The molecule has 1 N–H and O–H groups in total. The molecular formula is C16H20N2O2. The minimum Gasteiger partial charge on any atom is -0.497 e. The predicted octanol–water partition coefficient (Wildman–Crippen LogP) is 2.78. The standard InChI is InChI=1S/C16H20N2O2/c1-3-17-11-14-5-4-6-16(18-14)20-12-13-7-9-15(19-2)10-8-13/h4-10,17H,3,11-12H2,1-2H3. The summed E-state index contributed by atoms with van der Waals surface area (Å²) in [6, 6.07) is 13.6. The fraction of sp³-hybridized carbons (Fsp3) is 0.312. The number of nitrogens with zero attached hydrogens (tertiary/aromatic N) is 1. The Morgan fingerprint density at radius 3 is 2.60 bits per heavy atom. The Labute approximate surface area is 119 Å². The Hall–Kier alpha value is -2.07. The van der Waals surface area contributed by atoms with Crippen molar-refractivity contribution in [3.05, 3.63) is 53.7 Å². The zero-order valence-electron chi connectivity index (χ0n) is 11.9. The molecule has 4 nitrogen and oxygen atoms in total. The van der Waals surface area contributed by atoms with E-state index >= 15 is 0 Å². The maximum absolute atomic E-state index is 5.71. The van der Waals surface area contributed by atoms with Crippen LogP contribution in [0.3, 0.4) is 0 Å². The van der Waals surface area contributed by atoms with E-state index in [0.717, 1.165) is 30.1 Å². The SMILES string of the molecule is CCNCc1cccc(OCc2ccc(OC)cc2)n1. The highest BCUT2D eigenvalue weighted by atomic mass is 16.5. The minimum atomic E-state index is 0.502. The van der Waals surface area contributed by atoms with Crippen molar-refractivity contribution in [1.82, 2.24) is 10.3 Å². The topological polar surface area (TPSA) is 43.4 Å². The van der Waals surface area contributed by atoms with Gasteiger partial charge in [-0.3, -0.25) is 0 Å². The minimum absolute atomic E-state index is 0.502. The van der Waals surface area contributed by atoms with Crippen molar-refractivity contribution in [2.24, 2.45) is 0 Å². The van der Waals surface area contributed by atoms with Crippen LogP contribution in [0.2, 0.25) is 0 Å². The van der Waals surface area contributed by atoms with Crippen molar-refractivity contribution in [2.45, 2.75) is 20.1 Å². The zero-order chi connectivity index (χ0) is 14.2. The summed E-state index contributed by atoms with van der Waals surface area (Å²) in [4.78, 5) is 4.45. The molecule has 0 fully saturated rings. The Kier molecular flexibility index (Phi) is 5.38. The summed E-state index contributed by atoms with van der Waals surface area (Å²) in [5.41, 5.74) is 2.07. The van der Waals surface area contributed by atoms with E-state index in [1.54, 1.807) is 7.11 Å². The van der Waals surface area contributed by atoms with Crippen LogP contribution >= 0.6 is 0 Å². The summed E-state index contributed by atoms with van der Waals surface area (Å²) in [7, 11) is 1.66. The Balaban J connectivity index is 1.92. The fourth-order valence-electron chi connectivity index (χ4n) is 1.77. The van der Waals surface area contributed by atoms with Gasteiger partial charge in [0.05, 0.1) is 12.8 Å². The lowest BCUT2D eigenvalue weighted by Crippen LogP contribution is -2.13. The van der Waals surface area contributed by atoms with Gasteiger partial charge in [0, 0.05) is 12.6 Å². The summed E-state index contributed by atoms with van der Waals surface area (Å²) >= 11 is 0. The third-order valence-corrected chi connectivity index (χ3v) is 2.88. The fourth-order valence-corrected chi connectivity index (χ4v) is 1.77. The molecule has 1 aromatic carbocycles. The first-order valence-electron chi connectivity index (χ1n) is 6.74. The second-order valence-electron chi connectivity index (χ2n) is 4.38. The van der Waals surface area contributed by atoms with Crippen molar-refractivity contribution in [3.8, 4) is 11.6 Å². The van der Waals surface area contributed by atoms with Gasteiger partial charge in [0.1, 0.15) is 12.4 Å². The van der Waals surface area contributed by atoms with Crippen LogP contribution in [-0.2, 0) is 13.2 Å². The highest BCUT2D eigenvalue weighted by molar-refractivity contribution is 5.27. The monoisotopic (exact) mass is 272 g/mol. The Morgan fingerprint density at radius 2 is 1.90 bits per heavy atom. The molecule has 1 heterocycles. The van der Waals surface area contributed by atoms with E-state index in [9.17, 15) is 0 Å². The highest BCUT2D eigenvalue weighted by Crippen LogP contribution is 2.14. The summed E-state index contributed by atoms with van der Waals surface area (Å²) in [6.07, 6.45) is 0. The smallest absolute Gasteiger partial charge is 0.213 e. The van der Waals surface area contributed by atoms with Gasteiger partial charge in [0.15, 0.2) is 0 Å². The molecule has 0 spiro atoms. The third-order valence-electron chi connectivity index (χ3n) is 2.88. The zero-order valence-corrected chi connectivity index (χ0v) is 11.9. The van der Waals surface area contributed by atoms with E-state index < -0.39 is 0 Å². The summed E-state index contributed by atoms with van der Waals surface area (Å²) in [6.45, 7) is 4.26. The largest absolute Gasteiger partial charge is 0.497 e. The molecule has 2 rings (SSSR count).